The molecule has 0 N–H and O–H groups in total. The first-order chi connectivity index (χ1) is 9.75. The van der Waals surface area contributed by atoms with Crippen molar-refractivity contribution in [2.75, 3.05) is 41.1 Å². The van der Waals surface area contributed by atoms with Gasteiger partial charge in [-0.2, -0.15) is 0 Å². The summed E-state index contributed by atoms with van der Waals surface area (Å²) in [7, 11) is 1.71. The lowest BCUT2D eigenvalue weighted by Crippen LogP contribution is -2.35. The van der Waals surface area contributed by atoms with Crippen molar-refractivity contribution < 1.29 is 32.5 Å². The van der Waals surface area contributed by atoms with Crippen molar-refractivity contribution >= 4 is 7.82 Å². The van der Waals surface area contributed by atoms with Gasteiger partial charge in [0.1, 0.15) is 5.75 Å². The zero-order chi connectivity index (χ0) is 15.5. The molecule has 2 rings (SSSR count). The van der Waals surface area contributed by atoms with Crippen molar-refractivity contribution in [3.05, 3.63) is 18.2 Å². The van der Waals surface area contributed by atoms with E-state index in [-0.39, 0.29) is 19.1 Å². The Labute approximate surface area is 124 Å². The van der Waals surface area contributed by atoms with Gasteiger partial charge in [0.05, 0.1) is 34.3 Å². The van der Waals surface area contributed by atoms with Crippen LogP contribution < -0.4 is 18.9 Å². The zero-order valence-electron chi connectivity index (χ0n) is 12.4. The lowest BCUT2D eigenvalue weighted by atomic mass is 10.3. The predicted molar refractivity (Wildman–Crippen MR) is 74.3 cm³/mol. The van der Waals surface area contributed by atoms with Crippen molar-refractivity contribution in [1.29, 1.82) is 0 Å². The van der Waals surface area contributed by atoms with Crippen molar-refractivity contribution in [3.8, 4) is 17.2 Å². The number of quaternary nitrogens is 1. The maximum atomic E-state index is 11.7. The smallest absolute Gasteiger partial charge is 0.319 e. The SMILES string of the molecule is C[N+](C)(C)CCCOP(=O)([O-])Oc1ccc2c(c1)OCO2. The number of fused-ring (bicyclic) bond motifs is 1. The number of phosphoric ester groups is 1. The summed E-state index contributed by atoms with van der Waals surface area (Å²) in [4.78, 5) is 11.7. The number of nitrogens with zero attached hydrogens (tertiary/aromatic N) is 1. The molecule has 118 valence electrons. The van der Waals surface area contributed by atoms with E-state index in [0.717, 1.165) is 11.0 Å². The first-order valence-corrected chi connectivity index (χ1v) is 8.07. The van der Waals surface area contributed by atoms with Crippen LogP contribution in [0, 0.1) is 0 Å². The first-order valence-electron chi connectivity index (χ1n) is 6.60. The highest BCUT2D eigenvalue weighted by molar-refractivity contribution is 7.46. The molecule has 1 aliphatic heterocycles. The van der Waals surface area contributed by atoms with Gasteiger partial charge in [-0.1, -0.05) is 0 Å². The molecule has 1 atom stereocenters. The highest BCUT2D eigenvalue weighted by Gasteiger charge is 2.17. The monoisotopic (exact) mass is 317 g/mol. The number of ether oxygens (including phenoxy) is 2. The summed E-state index contributed by atoms with van der Waals surface area (Å²) in [5, 5.41) is 0. The highest BCUT2D eigenvalue weighted by Crippen LogP contribution is 2.43. The van der Waals surface area contributed by atoms with Gasteiger partial charge < -0.3 is 27.9 Å². The first kappa shape index (κ1) is 16.1. The molecule has 0 aromatic heterocycles. The second-order valence-corrected chi connectivity index (χ2v) is 7.09. The minimum absolute atomic E-state index is 0.0981. The van der Waals surface area contributed by atoms with E-state index in [1.165, 1.54) is 12.1 Å². The summed E-state index contributed by atoms with van der Waals surface area (Å²) in [6.45, 7) is 1.03. The third-order valence-electron chi connectivity index (χ3n) is 2.78. The summed E-state index contributed by atoms with van der Waals surface area (Å²) in [5.74, 6) is 1.16. The standard InChI is InChI=1S/C13H20NO6P/c1-14(2,3)7-4-8-19-21(15,16)20-11-5-6-12-13(9-11)18-10-17-12/h5-6,9H,4,7-8,10H2,1-3H3. The van der Waals surface area contributed by atoms with E-state index < -0.39 is 7.82 Å². The highest BCUT2D eigenvalue weighted by atomic mass is 31.2. The number of phosphoric acid groups is 1. The van der Waals surface area contributed by atoms with Gasteiger partial charge in [-0.3, -0.25) is 4.57 Å². The molecule has 0 saturated carbocycles. The molecule has 0 saturated heterocycles. The van der Waals surface area contributed by atoms with E-state index in [2.05, 4.69) is 0 Å². The van der Waals surface area contributed by atoms with Crippen LogP contribution in [0.4, 0.5) is 0 Å². The van der Waals surface area contributed by atoms with Crippen LogP contribution in [0.15, 0.2) is 18.2 Å². The Morgan fingerprint density at radius 1 is 1.29 bits per heavy atom. The molecule has 0 spiro atoms. The molecule has 0 bridgehead atoms. The fraction of sp³-hybridized carbons (Fsp3) is 0.538. The van der Waals surface area contributed by atoms with E-state index in [1.54, 1.807) is 6.07 Å². The van der Waals surface area contributed by atoms with Crippen molar-refractivity contribution in [2.24, 2.45) is 0 Å². The fourth-order valence-electron chi connectivity index (χ4n) is 1.80. The van der Waals surface area contributed by atoms with Gasteiger partial charge in [0.25, 0.3) is 0 Å². The topological polar surface area (TPSA) is 77.1 Å². The van der Waals surface area contributed by atoms with Gasteiger partial charge in [-0.25, -0.2) is 0 Å². The van der Waals surface area contributed by atoms with Gasteiger partial charge in [0.2, 0.25) is 6.79 Å². The molecule has 0 amide bonds. The Hall–Kier alpha value is -1.27. The van der Waals surface area contributed by atoms with Gasteiger partial charge in [0.15, 0.2) is 11.5 Å². The van der Waals surface area contributed by atoms with Crippen LogP contribution in [0.1, 0.15) is 6.42 Å². The molecule has 8 heteroatoms. The molecule has 1 unspecified atom stereocenters. The third-order valence-corrected chi connectivity index (χ3v) is 3.72. The van der Waals surface area contributed by atoms with E-state index in [9.17, 15) is 9.46 Å². The average molecular weight is 317 g/mol. The molecule has 1 aromatic rings. The Balaban J connectivity index is 1.84. The number of hydrogen-bond donors (Lipinski definition) is 0. The lowest BCUT2D eigenvalue weighted by molar-refractivity contribution is -0.870. The molecule has 21 heavy (non-hydrogen) atoms. The lowest BCUT2D eigenvalue weighted by Gasteiger charge is -2.26. The van der Waals surface area contributed by atoms with Gasteiger partial charge in [-0.05, 0) is 12.1 Å². The van der Waals surface area contributed by atoms with Crippen molar-refractivity contribution in [2.45, 2.75) is 6.42 Å². The number of hydrogen-bond acceptors (Lipinski definition) is 6. The van der Waals surface area contributed by atoms with E-state index in [0.29, 0.717) is 17.9 Å². The van der Waals surface area contributed by atoms with Crippen LogP contribution in [-0.2, 0) is 9.09 Å². The third kappa shape index (κ3) is 5.21. The summed E-state index contributed by atoms with van der Waals surface area (Å²) < 4.78 is 32.5. The molecule has 1 aliphatic rings. The molecule has 1 aromatic carbocycles. The fourth-order valence-corrected chi connectivity index (χ4v) is 2.58. The molecular formula is C13H20NO6P. The second kappa shape index (κ2) is 6.23. The maximum absolute atomic E-state index is 11.7. The zero-order valence-corrected chi connectivity index (χ0v) is 13.3. The van der Waals surface area contributed by atoms with Crippen LogP contribution >= 0.6 is 7.82 Å². The normalized spacial score (nSPS) is 16.6. The van der Waals surface area contributed by atoms with Crippen LogP contribution in [-0.4, -0.2) is 45.6 Å². The molecule has 0 radical (unpaired) electrons. The Morgan fingerprint density at radius 3 is 2.71 bits per heavy atom. The minimum Gasteiger partial charge on any atom is -0.746 e. The number of benzene rings is 1. The van der Waals surface area contributed by atoms with Crippen LogP contribution in [0.2, 0.25) is 0 Å². The van der Waals surface area contributed by atoms with Crippen LogP contribution in [0.25, 0.3) is 0 Å². The van der Waals surface area contributed by atoms with Gasteiger partial charge >= 0.3 is 7.82 Å². The maximum Gasteiger partial charge on any atom is 0.319 e. The minimum atomic E-state index is -4.37. The summed E-state index contributed by atoms with van der Waals surface area (Å²) in [5.41, 5.74) is 0. The molecule has 7 nitrogen and oxygen atoms in total. The Morgan fingerprint density at radius 2 is 2.00 bits per heavy atom. The second-order valence-electron chi connectivity index (χ2n) is 5.75. The predicted octanol–water partition coefficient (Wildman–Crippen LogP) is 1.38. The van der Waals surface area contributed by atoms with Crippen LogP contribution in [0.3, 0.4) is 0 Å². The summed E-state index contributed by atoms with van der Waals surface area (Å²) in [6, 6.07) is 4.55. The molecule has 1 heterocycles. The summed E-state index contributed by atoms with van der Waals surface area (Å²) >= 11 is 0. The van der Waals surface area contributed by atoms with E-state index in [4.69, 9.17) is 18.5 Å². The van der Waals surface area contributed by atoms with Gasteiger partial charge in [0, 0.05) is 12.5 Å². The van der Waals surface area contributed by atoms with Crippen LogP contribution in [0.5, 0.6) is 17.2 Å². The molecular weight excluding hydrogens is 297 g/mol. The average Bonchev–Trinajstić information content (AvgIpc) is 2.80. The Bertz CT molecular complexity index is 542. The summed E-state index contributed by atoms with van der Waals surface area (Å²) in [6.07, 6.45) is 0.625. The van der Waals surface area contributed by atoms with E-state index >= 15 is 0 Å². The number of rotatable bonds is 7. The Kier molecular flexibility index (Phi) is 4.78. The van der Waals surface area contributed by atoms with E-state index in [1.807, 2.05) is 21.1 Å². The molecule has 0 fully saturated rings. The molecule has 0 aliphatic carbocycles. The van der Waals surface area contributed by atoms with Gasteiger partial charge in [-0.15, -0.1) is 0 Å². The van der Waals surface area contributed by atoms with Crippen molar-refractivity contribution in [1.82, 2.24) is 0 Å². The quantitative estimate of drug-likeness (QED) is 0.429. The largest absolute Gasteiger partial charge is 0.746 e. The van der Waals surface area contributed by atoms with Crippen molar-refractivity contribution in [3.63, 3.8) is 0 Å².